The number of carbonyl (C=O) groups is 2. The van der Waals surface area contributed by atoms with Gasteiger partial charge >= 0.3 is 0 Å². The lowest BCUT2D eigenvalue weighted by atomic mass is 10.00. The monoisotopic (exact) mass is 416 g/mol. The smallest absolute Gasteiger partial charge is 0.269 e. The maximum Gasteiger partial charge on any atom is 0.269 e. The molecule has 0 radical (unpaired) electrons. The Labute approximate surface area is 168 Å². The SMILES string of the molecule is COCCN1C(=O)c2ccc(C(=O)NC3CCOc4ccccc43)cc2S1(=O)=O. The Morgan fingerprint density at radius 1 is 1.28 bits per heavy atom. The van der Waals surface area contributed by atoms with Crippen LogP contribution < -0.4 is 10.1 Å². The predicted molar refractivity (Wildman–Crippen MR) is 103 cm³/mol. The molecule has 1 atom stereocenters. The van der Waals surface area contributed by atoms with Crippen molar-refractivity contribution in [3.8, 4) is 5.75 Å². The number of hydrogen-bond acceptors (Lipinski definition) is 6. The van der Waals surface area contributed by atoms with Crippen LogP contribution in [0.4, 0.5) is 0 Å². The van der Waals surface area contributed by atoms with Gasteiger partial charge in [0.1, 0.15) is 10.6 Å². The van der Waals surface area contributed by atoms with Crippen molar-refractivity contribution >= 4 is 21.8 Å². The Morgan fingerprint density at radius 3 is 2.86 bits per heavy atom. The fourth-order valence-electron chi connectivity index (χ4n) is 3.55. The summed E-state index contributed by atoms with van der Waals surface area (Å²) in [5.41, 5.74) is 1.12. The summed E-state index contributed by atoms with van der Waals surface area (Å²) >= 11 is 0. The molecule has 2 aliphatic rings. The lowest BCUT2D eigenvalue weighted by Gasteiger charge is -2.26. The zero-order valence-corrected chi connectivity index (χ0v) is 16.6. The number of para-hydroxylation sites is 1. The van der Waals surface area contributed by atoms with E-state index in [1.54, 1.807) is 0 Å². The van der Waals surface area contributed by atoms with Gasteiger partial charge in [-0.15, -0.1) is 0 Å². The molecule has 4 rings (SSSR count). The molecule has 0 saturated carbocycles. The summed E-state index contributed by atoms with van der Waals surface area (Å²) in [7, 11) is -2.57. The van der Waals surface area contributed by atoms with E-state index in [0.717, 1.165) is 15.6 Å². The van der Waals surface area contributed by atoms with Gasteiger partial charge in [-0.2, -0.15) is 0 Å². The predicted octanol–water partition coefficient (Wildman–Crippen LogP) is 1.73. The maximum absolute atomic E-state index is 12.8. The van der Waals surface area contributed by atoms with Gasteiger partial charge in [0.25, 0.3) is 21.8 Å². The average molecular weight is 416 g/mol. The third-order valence-electron chi connectivity index (χ3n) is 5.03. The highest BCUT2D eigenvalue weighted by Crippen LogP contribution is 2.33. The van der Waals surface area contributed by atoms with E-state index in [0.29, 0.717) is 13.0 Å². The Bertz CT molecular complexity index is 1080. The summed E-state index contributed by atoms with van der Waals surface area (Å²) in [4.78, 5) is 25.1. The van der Waals surface area contributed by atoms with Crippen molar-refractivity contribution in [2.24, 2.45) is 0 Å². The number of hydrogen-bond donors (Lipinski definition) is 1. The number of rotatable bonds is 5. The minimum atomic E-state index is -4.00. The fraction of sp³-hybridized carbons (Fsp3) is 0.300. The number of fused-ring (bicyclic) bond motifs is 2. The topological polar surface area (TPSA) is 102 Å². The van der Waals surface area contributed by atoms with Gasteiger partial charge in [-0.05, 0) is 24.3 Å². The molecule has 1 unspecified atom stereocenters. The van der Waals surface area contributed by atoms with E-state index in [1.165, 1.54) is 25.3 Å². The fourth-order valence-corrected chi connectivity index (χ4v) is 5.12. The number of nitrogens with zero attached hydrogens (tertiary/aromatic N) is 1. The number of ether oxygens (including phenoxy) is 2. The molecule has 8 nitrogen and oxygen atoms in total. The number of carbonyl (C=O) groups excluding carboxylic acids is 2. The van der Waals surface area contributed by atoms with Crippen LogP contribution in [0.1, 0.15) is 38.7 Å². The standard InChI is InChI=1S/C20H20N2O6S/c1-27-11-9-22-20(24)15-7-6-13(12-18(15)29(22,25)26)19(23)21-16-8-10-28-17-5-3-2-4-14(16)17/h2-7,12,16H,8-11H2,1H3,(H,21,23). The van der Waals surface area contributed by atoms with E-state index < -0.39 is 21.8 Å². The van der Waals surface area contributed by atoms with Crippen molar-refractivity contribution in [1.29, 1.82) is 0 Å². The normalized spacial score (nSPS) is 19.3. The molecule has 0 aliphatic carbocycles. The Kier molecular flexibility index (Phi) is 5.01. The number of amides is 2. The van der Waals surface area contributed by atoms with Crippen LogP contribution in [0.2, 0.25) is 0 Å². The van der Waals surface area contributed by atoms with Gasteiger partial charge in [0.05, 0.1) is 31.4 Å². The Balaban J connectivity index is 1.60. The highest BCUT2D eigenvalue weighted by atomic mass is 32.2. The summed E-state index contributed by atoms with van der Waals surface area (Å²) in [6.07, 6.45) is 0.606. The first-order valence-electron chi connectivity index (χ1n) is 9.16. The molecule has 2 aromatic rings. The Morgan fingerprint density at radius 2 is 2.07 bits per heavy atom. The quantitative estimate of drug-likeness (QED) is 0.797. The van der Waals surface area contributed by atoms with Crippen LogP contribution in [0.25, 0.3) is 0 Å². The minimum Gasteiger partial charge on any atom is -0.493 e. The molecule has 0 bridgehead atoms. The molecule has 2 heterocycles. The van der Waals surface area contributed by atoms with Gasteiger partial charge in [-0.3, -0.25) is 9.59 Å². The van der Waals surface area contributed by atoms with Gasteiger partial charge in [-0.25, -0.2) is 12.7 Å². The summed E-state index contributed by atoms with van der Waals surface area (Å²) in [6.45, 7) is 0.492. The summed E-state index contributed by atoms with van der Waals surface area (Å²) in [5, 5.41) is 2.93. The van der Waals surface area contributed by atoms with Crippen molar-refractivity contribution < 1.29 is 27.5 Å². The van der Waals surface area contributed by atoms with Gasteiger partial charge in [0.2, 0.25) is 0 Å². The molecule has 0 spiro atoms. The van der Waals surface area contributed by atoms with E-state index in [-0.39, 0.29) is 35.2 Å². The maximum atomic E-state index is 12.8. The molecule has 29 heavy (non-hydrogen) atoms. The first kappa shape index (κ1) is 19.4. The van der Waals surface area contributed by atoms with Crippen LogP contribution in [0.5, 0.6) is 5.75 Å². The molecule has 0 saturated heterocycles. The molecular weight excluding hydrogens is 396 g/mol. The first-order valence-corrected chi connectivity index (χ1v) is 10.6. The van der Waals surface area contributed by atoms with Crippen molar-refractivity contribution in [2.45, 2.75) is 17.4 Å². The van der Waals surface area contributed by atoms with Crippen molar-refractivity contribution in [3.05, 3.63) is 59.2 Å². The van der Waals surface area contributed by atoms with E-state index >= 15 is 0 Å². The number of methoxy groups -OCH3 is 1. The minimum absolute atomic E-state index is 0.0639. The van der Waals surface area contributed by atoms with Crippen LogP contribution in [-0.2, 0) is 14.8 Å². The Hall–Kier alpha value is -2.91. The molecular formula is C20H20N2O6S. The first-order chi connectivity index (χ1) is 13.9. The molecule has 2 aromatic carbocycles. The second kappa shape index (κ2) is 7.49. The van der Waals surface area contributed by atoms with Crippen LogP contribution >= 0.6 is 0 Å². The van der Waals surface area contributed by atoms with Crippen molar-refractivity contribution in [3.63, 3.8) is 0 Å². The third kappa shape index (κ3) is 3.36. The highest BCUT2D eigenvalue weighted by Gasteiger charge is 2.41. The van der Waals surface area contributed by atoms with Gasteiger partial charge in [-0.1, -0.05) is 18.2 Å². The summed E-state index contributed by atoms with van der Waals surface area (Å²) in [5.74, 6) is -0.296. The second-order valence-corrected chi connectivity index (χ2v) is 8.62. The van der Waals surface area contributed by atoms with Gasteiger partial charge in [0.15, 0.2) is 0 Å². The molecule has 1 N–H and O–H groups in total. The summed E-state index contributed by atoms with van der Waals surface area (Å²) < 4.78 is 36.7. The van der Waals surface area contributed by atoms with Crippen molar-refractivity contribution in [1.82, 2.24) is 9.62 Å². The van der Waals surface area contributed by atoms with Crippen LogP contribution in [-0.4, -0.2) is 51.4 Å². The van der Waals surface area contributed by atoms with Crippen LogP contribution in [0.3, 0.4) is 0 Å². The van der Waals surface area contributed by atoms with E-state index in [1.807, 2.05) is 24.3 Å². The zero-order chi connectivity index (χ0) is 20.6. The zero-order valence-electron chi connectivity index (χ0n) is 15.8. The van der Waals surface area contributed by atoms with E-state index in [4.69, 9.17) is 9.47 Å². The number of sulfonamides is 1. The van der Waals surface area contributed by atoms with Gasteiger partial charge < -0.3 is 14.8 Å². The average Bonchev–Trinajstić information content (AvgIpc) is 2.92. The molecule has 152 valence electrons. The number of nitrogens with one attached hydrogen (secondary N) is 1. The lowest BCUT2D eigenvalue weighted by Crippen LogP contribution is -2.33. The third-order valence-corrected chi connectivity index (χ3v) is 6.85. The lowest BCUT2D eigenvalue weighted by molar-refractivity contribution is 0.0835. The summed E-state index contributed by atoms with van der Waals surface area (Å²) in [6, 6.07) is 11.3. The second-order valence-electron chi connectivity index (χ2n) is 6.79. The highest BCUT2D eigenvalue weighted by molar-refractivity contribution is 7.90. The molecule has 2 amide bonds. The molecule has 9 heteroatoms. The van der Waals surface area contributed by atoms with Crippen molar-refractivity contribution in [2.75, 3.05) is 26.9 Å². The molecule has 0 fully saturated rings. The van der Waals surface area contributed by atoms with Crippen LogP contribution in [0.15, 0.2) is 47.4 Å². The van der Waals surface area contributed by atoms with Crippen LogP contribution in [0, 0.1) is 0 Å². The molecule has 0 aromatic heterocycles. The largest absolute Gasteiger partial charge is 0.493 e. The van der Waals surface area contributed by atoms with E-state index in [2.05, 4.69) is 5.32 Å². The van der Waals surface area contributed by atoms with Gasteiger partial charge in [0, 0.05) is 24.7 Å². The number of benzene rings is 2. The van der Waals surface area contributed by atoms with E-state index in [9.17, 15) is 18.0 Å². The molecule has 2 aliphatic heterocycles.